The van der Waals surface area contributed by atoms with E-state index in [1.165, 1.54) is 6.92 Å². The summed E-state index contributed by atoms with van der Waals surface area (Å²) in [5, 5.41) is 3.64. The number of benzene rings is 1. The van der Waals surface area contributed by atoms with Crippen LogP contribution in [0.3, 0.4) is 0 Å². The van der Waals surface area contributed by atoms with Crippen molar-refractivity contribution in [2.75, 3.05) is 12.3 Å². The Bertz CT molecular complexity index is 704. The lowest BCUT2D eigenvalue weighted by Gasteiger charge is -2.32. The Morgan fingerprint density at radius 2 is 1.76 bits per heavy atom. The molecule has 0 bridgehead atoms. The molecule has 1 aromatic rings. The van der Waals surface area contributed by atoms with Crippen LogP contribution in [0.4, 0.5) is 5.69 Å². The number of carbonyl (C=O) groups excluding carboxylic acids is 1. The van der Waals surface area contributed by atoms with Gasteiger partial charge in [0.15, 0.2) is 0 Å². The minimum Gasteiger partial charge on any atom is -0.400 e. The number of halogens is 2. The lowest BCUT2D eigenvalue weighted by molar-refractivity contribution is -0.118. The molecule has 0 aromatic heterocycles. The zero-order chi connectivity index (χ0) is 19.0. The lowest BCUT2D eigenvalue weighted by Crippen LogP contribution is -2.41. The minimum absolute atomic E-state index is 0.149. The highest BCUT2D eigenvalue weighted by atomic mass is 35.5. The molecule has 8 heteroatoms. The van der Waals surface area contributed by atoms with Gasteiger partial charge >= 0.3 is 7.12 Å². The summed E-state index contributed by atoms with van der Waals surface area (Å²) in [6.45, 7) is 9.59. The number of nitrogens with two attached hydrogens (primary N) is 1. The second-order valence-electron chi connectivity index (χ2n) is 7.11. The minimum atomic E-state index is -0.607. The van der Waals surface area contributed by atoms with Gasteiger partial charge < -0.3 is 20.4 Å². The molecule has 3 N–H and O–H groups in total. The molecule has 1 heterocycles. The van der Waals surface area contributed by atoms with Gasteiger partial charge in [-0.15, -0.1) is 0 Å². The molecule has 0 atom stereocenters. The first-order valence-corrected chi connectivity index (χ1v) is 8.73. The summed E-state index contributed by atoms with van der Waals surface area (Å²) in [5.41, 5.74) is 6.60. The van der Waals surface area contributed by atoms with E-state index in [-0.39, 0.29) is 12.5 Å². The van der Waals surface area contributed by atoms with E-state index in [9.17, 15) is 4.79 Å². The number of carbonyl (C=O) groups is 1. The molecule has 0 aliphatic carbocycles. The Kier molecular flexibility index (Phi) is 5.79. The summed E-state index contributed by atoms with van der Waals surface area (Å²) in [6.07, 6.45) is 1.81. The summed E-state index contributed by atoms with van der Waals surface area (Å²) < 4.78 is 12.2. The van der Waals surface area contributed by atoms with E-state index >= 15 is 0 Å². The number of nitrogens with one attached hydrogen (secondary N) is 1. The maximum absolute atomic E-state index is 11.4. The number of anilines is 1. The van der Waals surface area contributed by atoms with Crippen molar-refractivity contribution in [2.45, 2.75) is 45.8 Å². The molecule has 1 aliphatic heterocycles. The van der Waals surface area contributed by atoms with Gasteiger partial charge in [-0.1, -0.05) is 29.3 Å². The third-order valence-electron chi connectivity index (χ3n) is 4.55. The third kappa shape index (κ3) is 4.50. The highest BCUT2D eigenvalue weighted by molar-refractivity contribution is 6.56. The number of hydrogen-bond acceptors (Lipinski definition) is 4. The van der Waals surface area contributed by atoms with Crippen LogP contribution in [0.2, 0.25) is 10.0 Å². The summed E-state index contributed by atoms with van der Waals surface area (Å²) >= 11 is 12.4. The molecule has 25 heavy (non-hydrogen) atoms. The Labute approximate surface area is 159 Å². The smallest absolute Gasteiger partial charge is 0.400 e. The lowest BCUT2D eigenvalue weighted by atomic mass is 9.77. The van der Waals surface area contributed by atoms with Gasteiger partial charge in [-0.3, -0.25) is 4.79 Å². The fourth-order valence-corrected chi connectivity index (χ4v) is 2.71. The molecule has 1 amide bonds. The van der Waals surface area contributed by atoms with E-state index in [4.69, 9.17) is 38.2 Å². The molecule has 0 radical (unpaired) electrons. The van der Waals surface area contributed by atoms with E-state index in [2.05, 4.69) is 5.32 Å². The average molecular weight is 385 g/mol. The van der Waals surface area contributed by atoms with E-state index in [0.717, 1.165) is 5.47 Å². The van der Waals surface area contributed by atoms with Gasteiger partial charge in [0.1, 0.15) is 0 Å². The highest BCUT2D eigenvalue weighted by Crippen LogP contribution is 2.39. The van der Waals surface area contributed by atoms with Crippen LogP contribution in [0.1, 0.15) is 40.2 Å². The molecule has 1 aromatic carbocycles. The quantitative estimate of drug-likeness (QED) is 0.612. The van der Waals surface area contributed by atoms with Crippen LogP contribution < -0.4 is 11.1 Å². The Balaban J connectivity index is 2.40. The zero-order valence-electron chi connectivity index (χ0n) is 15.1. The molecule has 5 nitrogen and oxygen atoms in total. The highest BCUT2D eigenvalue weighted by Gasteiger charge is 2.52. The van der Waals surface area contributed by atoms with E-state index < -0.39 is 18.3 Å². The average Bonchev–Trinajstić information content (AvgIpc) is 2.68. The summed E-state index contributed by atoms with van der Waals surface area (Å²) in [4.78, 5) is 11.4. The number of nitrogen functional groups attached to an aromatic ring is 1. The Morgan fingerprint density at radius 3 is 2.28 bits per heavy atom. The van der Waals surface area contributed by atoms with Crippen molar-refractivity contribution in [1.29, 1.82) is 0 Å². The second kappa shape index (κ2) is 7.19. The third-order valence-corrected chi connectivity index (χ3v) is 5.21. The maximum Gasteiger partial charge on any atom is 0.492 e. The Morgan fingerprint density at radius 1 is 1.20 bits per heavy atom. The van der Waals surface area contributed by atoms with Crippen molar-refractivity contribution < 1.29 is 14.1 Å². The zero-order valence-corrected chi connectivity index (χ0v) is 16.6. The molecule has 2 rings (SSSR count). The van der Waals surface area contributed by atoms with Crippen LogP contribution in [0.25, 0.3) is 6.08 Å². The van der Waals surface area contributed by atoms with E-state index in [1.807, 2.05) is 33.8 Å². The van der Waals surface area contributed by atoms with Crippen molar-refractivity contribution in [3.8, 4) is 0 Å². The van der Waals surface area contributed by atoms with Crippen LogP contribution in [-0.4, -0.2) is 30.8 Å². The molecule has 136 valence electrons. The van der Waals surface area contributed by atoms with Gasteiger partial charge in [0.2, 0.25) is 5.91 Å². The summed E-state index contributed by atoms with van der Waals surface area (Å²) in [5.74, 6) is -0.149. The largest absolute Gasteiger partial charge is 0.492 e. The normalized spacial score (nSPS) is 19.2. The molecule has 0 saturated carbocycles. The monoisotopic (exact) mass is 384 g/mol. The van der Waals surface area contributed by atoms with Gasteiger partial charge in [0.05, 0.1) is 21.9 Å². The van der Waals surface area contributed by atoms with Gasteiger partial charge in [0.25, 0.3) is 0 Å². The van der Waals surface area contributed by atoms with Gasteiger partial charge in [0, 0.05) is 18.5 Å². The first kappa shape index (κ1) is 20.1. The van der Waals surface area contributed by atoms with Crippen LogP contribution in [0, 0.1) is 0 Å². The van der Waals surface area contributed by atoms with Crippen molar-refractivity contribution in [1.82, 2.24) is 5.32 Å². The van der Waals surface area contributed by atoms with Crippen LogP contribution >= 0.6 is 23.2 Å². The molecular weight excluding hydrogens is 362 g/mol. The van der Waals surface area contributed by atoms with Gasteiger partial charge in [-0.2, -0.15) is 0 Å². The number of rotatable bonds is 4. The predicted molar refractivity (Wildman–Crippen MR) is 104 cm³/mol. The van der Waals surface area contributed by atoms with Crippen molar-refractivity contribution in [2.24, 2.45) is 0 Å². The molecule has 0 unspecified atom stereocenters. The van der Waals surface area contributed by atoms with Crippen molar-refractivity contribution in [3.05, 3.63) is 33.2 Å². The van der Waals surface area contributed by atoms with Crippen LogP contribution in [0.5, 0.6) is 0 Å². The standard InChI is InChI=1S/C17H23BCl2N2O3/c1-10(23)22-9-12(18-24-16(2,3)17(4,5)25-18)6-11-7-14(20)15(21)8-13(11)19/h6-8H,9,21H2,1-5H3,(H,22,23). The summed E-state index contributed by atoms with van der Waals surface area (Å²) in [6, 6.07) is 3.27. The van der Waals surface area contributed by atoms with Gasteiger partial charge in [-0.25, -0.2) is 0 Å². The van der Waals surface area contributed by atoms with E-state index in [0.29, 0.717) is 21.3 Å². The predicted octanol–water partition coefficient (Wildman–Crippen LogP) is 3.73. The van der Waals surface area contributed by atoms with Crippen LogP contribution in [0.15, 0.2) is 17.6 Å². The fraction of sp³-hybridized carbons (Fsp3) is 0.471. The Hall–Kier alpha value is -1.21. The van der Waals surface area contributed by atoms with E-state index in [1.54, 1.807) is 12.1 Å². The number of hydrogen-bond donors (Lipinski definition) is 2. The van der Waals surface area contributed by atoms with Gasteiger partial charge in [-0.05, 0) is 50.9 Å². The van der Waals surface area contributed by atoms with Crippen molar-refractivity contribution in [3.63, 3.8) is 0 Å². The van der Waals surface area contributed by atoms with Crippen molar-refractivity contribution >= 4 is 48.0 Å². The molecule has 1 aliphatic rings. The fourth-order valence-electron chi connectivity index (χ4n) is 2.31. The maximum atomic E-state index is 11.4. The van der Waals surface area contributed by atoms with Crippen LogP contribution in [-0.2, 0) is 14.1 Å². The second-order valence-corrected chi connectivity index (χ2v) is 7.93. The topological polar surface area (TPSA) is 73.6 Å². The number of amides is 1. The molecule has 1 saturated heterocycles. The molecule has 1 fully saturated rings. The SMILES string of the molecule is CC(=O)NCC(=Cc1cc(Cl)c(N)cc1Cl)B1OC(C)(C)C(C)(C)O1. The first-order chi connectivity index (χ1) is 11.4. The first-order valence-electron chi connectivity index (χ1n) is 7.98. The summed E-state index contributed by atoms with van der Waals surface area (Å²) in [7, 11) is -0.607. The molecule has 0 spiro atoms. The molecular formula is C17H23BCl2N2O3.